The number of fused-ring (bicyclic) bond motifs is 2. The van der Waals surface area contributed by atoms with E-state index in [0.717, 1.165) is 44.8 Å². The van der Waals surface area contributed by atoms with Crippen LogP contribution in [-0.2, 0) is 17.8 Å². The molecule has 0 radical (unpaired) electrons. The van der Waals surface area contributed by atoms with Gasteiger partial charge >= 0.3 is 0 Å². The topological polar surface area (TPSA) is 65.7 Å². The maximum atomic E-state index is 12.8. The molecule has 3 aliphatic rings. The molecule has 0 saturated carbocycles. The van der Waals surface area contributed by atoms with E-state index in [2.05, 4.69) is 26.6 Å². The highest BCUT2D eigenvalue weighted by molar-refractivity contribution is 7.15. The van der Waals surface area contributed by atoms with Crippen LogP contribution >= 0.6 is 11.3 Å². The summed E-state index contributed by atoms with van der Waals surface area (Å²) in [6, 6.07) is 1.25. The zero-order valence-electron chi connectivity index (χ0n) is 14.4. The predicted molar refractivity (Wildman–Crippen MR) is 95.9 cm³/mol. The Balaban J connectivity index is 1.34. The number of hydrogen-bond donors (Lipinski definition) is 1. The van der Waals surface area contributed by atoms with E-state index < -0.39 is 0 Å². The highest BCUT2D eigenvalue weighted by atomic mass is 32.1. The molecule has 132 valence electrons. The molecule has 4 rings (SSSR count). The fraction of sp³-hybridized carbons (Fsp3) is 0.765. The van der Waals surface area contributed by atoms with Gasteiger partial charge in [-0.1, -0.05) is 6.42 Å². The first-order valence-corrected chi connectivity index (χ1v) is 9.91. The Morgan fingerprint density at radius 1 is 1.33 bits per heavy atom. The average molecular weight is 350 g/mol. The third-order valence-corrected chi connectivity index (χ3v) is 6.70. The zero-order valence-corrected chi connectivity index (χ0v) is 15.2. The van der Waals surface area contributed by atoms with Gasteiger partial charge in [-0.25, -0.2) is 4.98 Å². The van der Waals surface area contributed by atoms with E-state index in [-0.39, 0.29) is 5.91 Å². The minimum atomic E-state index is 0.286. The molecule has 24 heavy (non-hydrogen) atoms. The molecule has 0 bridgehead atoms. The molecule has 1 aromatic rings. The van der Waals surface area contributed by atoms with Gasteiger partial charge in [0.05, 0.1) is 12.2 Å². The Morgan fingerprint density at radius 2 is 2.21 bits per heavy atom. The molecule has 0 aliphatic carbocycles. The van der Waals surface area contributed by atoms with Crippen molar-refractivity contribution in [1.82, 2.24) is 19.7 Å². The van der Waals surface area contributed by atoms with E-state index >= 15 is 0 Å². The monoisotopic (exact) mass is 349 g/mol. The van der Waals surface area contributed by atoms with E-state index in [1.165, 1.54) is 24.1 Å². The summed E-state index contributed by atoms with van der Waals surface area (Å²) in [5.74, 6) is 0.286. The molecule has 2 N–H and O–H groups in total. The van der Waals surface area contributed by atoms with Crippen LogP contribution in [0.1, 0.15) is 36.8 Å². The lowest BCUT2D eigenvalue weighted by Gasteiger charge is -2.47. The Bertz CT molecular complexity index is 618. The van der Waals surface area contributed by atoms with Gasteiger partial charge in [0.15, 0.2) is 5.13 Å². The maximum Gasteiger partial charge on any atom is 0.236 e. The molecule has 7 heteroatoms. The number of thiazole rings is 1. The summed E-state index contributed by atoms with van der Waals surface area (Å²) in [7, 11) is 0. The van der Waals surface area contributed by atoms with Gasteiger partial charge in [-0.05, 0) is 19.8 Å². The summed E-state index contributed by atoms with van der Waals surface area (Å²) in [6.07, 6.45) is 4.75. The number of aromatic nitrogens is 1. The number of nitrogens with zero attached hydrogens (tertiary/aromatic N) is 4. The molecule has 3 aliphatic heterocycles. The van der Waals surface area contributed by atoms with Crippen LogP contribution < -0.4 is 5.73 Å². The Kier molecular flexibility index (Phi) is 4.49. The normalized spacial score (nSPS) is 28.5. The van der Waals surface area contributed by atoms with Crippen molar-refractivity contribution in [1.29, 1.82) is 0 Å². The summed E-state index contributed by atoms with van der Waals surface area (Å²) in [4.78, 5) is 25.3. The second kappa shape index (κ2) is 6.61. The maximum absolute atomic E-state index is 12.8. The molecule has 2 atom stereocenters. The predicted octanol–water partition coefficient (Wildman–Crippen LogP) is 1.17. The third-order valence-electron chi connectivity index (χ3n) is 5.79. The molecule has 2 fully saturated rings. The molecule has 1 aromatic heterocycles. The minimum Gasteiger partial charge on any atom is -0.375 e. The lowest BCUT2D eigenvalue weighted by atomic mass is 9.94. The van der Waals surface area contributed by atoms with Crippen LogP contribution in [0.2, 0.25) is 0 Å². The van der Waals surface area contributed by atoms with Crippen molar-refractivity contribution in [2.24, 2.45) is 0 Å². The van der Waals surface area contributed by atoms with Crippen LogP contribution in [0.4, 0.5) is 5.13 Å². The van der Waals surface area contributed by atoms with E-state index in [1.54, 1.807) is 11.3 Å². The van der Waals surface area contributed by atoms with Gasteiger partial charge in [-0.15, -0.1) is 11.3 Å². The summed E-state index contributed by atoms with van der Waals surface area (Å²) < 4.78 is 0. The van der Waals surface area contributed by atoms with Crippen LogP contribution in [0, 0.1) is 0 Å². The third kappa shape index (κ3) is 3.17. The van der Waals surface area contributed by atoms with Crippen LogP contribution in [0.25, 0.3) is 0 Å². The summed E-state index contributed by atoms with van der Waals surface area (Å²) in [5.41, 5.74) is 6.94. The van der Waals surface area contributed by atoms with Crippen LogP contribution in [-0.4, -0.2) is 70.4 Å². The van der Waals surface area contributed by atoms with Gasteiger partial charge in [0, 0.05) is 56.1 Å². The quantitative estimate of drug-likeness (QED) is 0.868. The number of carbonyl (C=O) groups excluding carboxylic acids is 1. The van der Waals surface area contributed by atoms with Crippen molar-refractivity contribution < 1.29 is 4.79 Å². The number of amides is 1. The van der Waals surface area contributed by atoms with E-state index in [4.69, 9.17) is 5.73 Å². The number of carbonyl (C=O) groups is 1. The molecular formula is C17H27N5OS. The molecule has 0 spiro atoms. The number of rotatable bonds is 2. The fourth-order valence-corrected chi connectivity index (χ4v) is 5.36. The Morgan fingerprint density at radius 3 is 3.08 bits per heavy atom. The molecule has 1 unspecified atom stereocenters. The number of nitrogen functional groups attached to an aromatic ring is 1. The SMILES string of the molecule is CC1CCC[C@H]2CN(C(=O)CN3CCc4nc(N)sc4C3)CCN12. The first-order valence-electron chi connectivity index (χ1n) is 9.10. The molecule has 6 nitrogen and oxygen atoms in total. The smallest absolute Gasteiger partial charge is 0.236 e. The van der Waals surface area contributed by atoms with E-state index in [9.17, 15) is 4.79 Å². The largest absolute Gasteiger partial charge is 0.375 e. The van der Waals surface area contributed by atoms with Crippen LogP contribution in [0.15, 0.2) is 0 Å². The number of nitrogens with two attached hydrogens (primary N) is 1. The van der Waals surface area contributed by atoms with Gasteiger partial charge in [0.25, 0.3) is 0 Å². The van der Waals surface area contributed by atoms with Gasteiger partial charge < -0.3 is 10.6 Å². The second-order valence-corrected chi connectivity index (χ2v) is 8.51. The minimum absolute atomic E-state index is 0.286. The summed E-state index contributed by atoms with van der Waals surface area (Å²) in [5, 5.41) is 0.649. The molecule has 1 amide bonds. The number of piperazine rings is 1. The zero-order chi connectivity index (χ0) is 16.7. The van der Waals surface area contributed by atoms with Gasteiger partial charge in [0.1, 0.15) is 0 Å². The highest BCUT2D eigenvalue weighted by Crippen LogP contribution is 2.28. The average Bonchev–Trinajstić information content (AvgIpc) is 2.94. The van der Waals surface area contributed by atoms with Crippen molar-refractivity contribution in [2.45, 2.75) is 51.2 Å². The van der Waals surface area contributed by atoms with Gasteiger partial charge in [-0.2, -0.15) is 0 Å². The molecule has 4 heterocycles. The molecule has 2 saturated heterocycles. The van der Waals surface area contributed by atoms with Crippen LogP contribution in [0.3, 0.4) is 0 Å². The first kappa shape index (κ1) is 16.3. The van der Waals surface area contributed by atoms with E-state index in [1.807, 2.05) is 0 Å². The second-order valence-electron chi connectivity index (χ2n) is 7.39. The van der Waals surface area contributed by atoms with Crippen molar-refractivity contribution in [3.8, 4) is 0 Å². The van der Waals surface area contributed by atoms with Crippen molar-refractivity contribution in [3.63, 3.8) is 0 Å². The standard InChI is InChI=1S/C17H27N5OS/c1-12-3-2-4-13-9-21(7-8-22(12)13)16(23)11-20-6-5-14-15(10-20)24-17(18)19-14/h12-13H,2-11H2,1H3,(H2,18,19)/t12?,13-/m0/s1. The fourth-order valence-electron chi connectivity index (χ4n) is 4.44. The van der Waals surface area contributed by atoms with Gasteiger partial charge in [-0.3, -0.25) is 14.6 Å². The Labute approximate surface area is 147 Å². The first-order chi connectivity index (χ1) is 11.6. The van der Waals surface area contributed by atoms with Crippen molar-refractivity contribution in [2.75, 3.05) is 38.5 Å². The number of piperidine rings is 1. The molecule has 0 aromatic carbocycles. The van der Waals surface area contributed by atoms with Crippen LogP contribution in [0.5, 0.6) is 0 Å². The summed E-state index contributed by atoms with van der Waals surface area (Å²) >= 11 is 1.57. The number of anilines is 1. The Hall–Kier alpha value is -1.18. The highest BCUT2D eigenvalue weighted by Gasteiger charge is 2.35. The number of hydrogen-bond acceptors (Lipinski definition) is 6. The lowest BCUT2D eigenvalue weighted by Crippen LogP contribution is -2.59. The molecular weight excluding hydrogens is 322 g/mol. The van der Waals surface area contributed by atoms with Crippen molar-refractivity contribution >= 4 is 22.4 Å². The summed E-state index contributed by atoms with van der Waals surface area (Å²) in [6.45, 7) is 7.41. The van der Waals surface area contributed by atoms with Crippen molar-refractivity contribution in [3.05, 3.63) is 10.6 Å². The lowest BCUT2D eigenvalue weighted by molar-refractivity contribution is -0.136. The van der Waals surface area contributed by atoms with E-state index in [0.29, 0.717) is 23.8 Å². The van der Waals surface area contributed by atoms with Gasteiger partial charge in [0.2, 0.25) is 5.91 Å².